The van der Waals surface area contributed by atoms with Crippen molar-refractivity contribution in [2.75, 3.05) is 23.9 Å². The van der Waals surface area contributed by atoms with Crippen LogP contribution in [0.2, 0.25) is 0 Å². The van der Waals surface area contributed by atoms with E-state index in [1.807, 2.05) is 68.4 Å². The number of anilines is 3. The lowest BCUT2D eigenvalue weighted by atomic mass is 10.2. The molecule has 1 amide bonds. The van der Waals surface area contributed by atoms with E-state index in [0.29, 0.717) is 12.2 Å². The molecule has 0 spiro atoms. The molecule has 0 fully saturated rings. The second-order valence-corrected chi connectivity index (χ2v) is 6.17. The molecular weight excluding hydrogens is 338 g/mol. The highest BCUT2D eigenvalue weighted by atomic mass is 16.5. The summed E-state index contributed by atoms with van der Waals surface area (Å²) in [5, 5.41) is 3.29. The number of aryl methyl sites for hydroxylation is 1. The molecule has 3 rings (SSSR count). The summed E-state index contributed by atoms with van der Waals surface area (Å²) in [6.45, 7) is 4.54. The van der Waals surface area contributed by atoms with Crippen LogP contribution in [0.1, 0.15) is 23.0 Å². The summed E-state index contributed by atoms with van der Waals surface area (Å²) < 4.78 is 5.17. The molecule has 3 aromatic rings. The van der Waals surface area contributed by atoms with Crippen LogP contribution in [0.25, 0.3) is 0 Å². The van der Waals surface area contributed by atoms with Crippen molar-refractivity contribution in [1.82, 2.24) is 4.98 Å². The van der Waals surface area contributed by atoms with E-state index in [2.05, 4.69) is 10.3 Å². The summed E-state index contributed by atoms with van der Waals surface area (Å²) in [5.41, 5.74) is 4.10. The van der Waals surface area contributed by atoms with Crippen LogP contribution in [0.15, 0.2) is 66.9 Å². The number of ether oxygens (including phenoxy) is 1. The summed E-state index contributed by atoms with van der Waals surface area (Å²) in [5.74, 6) is 0.671. The zero-order valence-electron chi connectivity index (χ0n) is 15.8. The molecular formula is C22H23N3O2. The predicted molar refractivity (Wildman–Crippen MR) is 109 cm³/mol. The highest BCUT2D eigenvalue weighted by molar-refractivity contribution is 6.05. The molecule has 1 aromatic heterocycles. The van der Waals surface area contributed by atoms with Crippen molar-refractivity contribution < 1.29 is 9.53 Å². The fourth-order valence-electron chi connectivity index (χ4n) is 2.84. The van der Waals surface area contributed by atoms with Gasteiger partial charge in [-0.25, -0.2) is 0 Å². The number of pyridine rings is 1. The number of methoxy groups -OCH3 is 1. The summed E-state index contributed by atoms with van der Waals surface area (Å²) >= 11 is 0. The third kappa shape index (κ3) is 4.44. The summed E-state index contributed by atoms with van der Waals surface area (Å²) in [6, 6.07) is 19.1. The lowest BCUT2D eigenvalue weighted by Crippen LogP contribution is -2.31. The summed E-state index contributed by atoms with van der Waals surface area (Å²) in [4.78, 5) is 19.0. The number of benzene rings is 2. The van der Waals surface area contributed by atoms with Crippen molar-refractivity contribution in [2.45, 2.75) is 13.8 Å². The van der Waals surface area contributed by atoms with Crippen molar-refractivity contribution >= 4 is 23.0 Å². The van der Waals surface area contributed by atoms with Crippen molar-refractivity contribution in [1.29, 1.82) is 0 Å². The Morgan fingerprint density at radius 1 is 1.07 bits per heavy atom. The Bertz CT molecular complexity index is 923. The molecule has 0 atom stereocenters. The Balaban J connectivity index is 1.81. The third-order valence-electron chi connectivity index (χ3n) is 4.23. The first-order valence-electron chi connectivity index (χ1n) is 8.86. The van der Waals surface area contributed by atoms with Gasteiger partial charge in [0.1, 0.15) is 11.4 Å². The lowest BCUT2D eigenvalue weighted by Gasteiger charge is -2.21. The average Bonchev–Trinajstić information content (AvgIpc) is 2.69. The van der Waals surface area contributed by atoms with E-state index in [-0.39, 0.29) is 5.91 Å². The highest BCUT2D eigenvalue weighted by Gasteiger charge is 2.18. The Morgan fingerprint density at radius 3 is 2.52 bits per heavy atom. The zero-order chi connectivity index (χ0) is 19.2. The standard InChI is InChI=1S/C22H23N3O2/c1-4-25(19-7-5-6-16(2)14-19)22(26)21-15-18(12-13-23-21)24-17-8-10-20(27-3)11-9-17/h5-15H,4H2,1-3H3,(H,23,24). The maximum Gasteiger partial charge on any atom is 0.276 e. The van der Waals surface area contributed by atoms with Crippen LogP contribution in [0.3, 0.4) is 0 Å². The van der Waals surface area contributed by atoms with Crippen LogP contribution in [-0.4, -0.2) is 24.5 Å². The van der Waals surface area contributed by atoms with Crippen molar-refractivity contribution in [2.24, 2.45) is 0 Å². The van der Waals surface area contributed by atoms with Gasteiger partial charge in [-0.2, -0.15) is 0 Å². The quantitative estimate of drug-likeness (QED) is 0.685. The molecule has 0 unspecified atom stereocenters. The Kier molecular flexibility index (Phi) is 5.71. The maximum atomic E-state index is 13.0. The Labute approximate surface area is 159 Å². The van der Waals surface area contributed by atoms with Gasteiger partial charge in [0, 0.05) is 29.8 Å². The number of hydrogen-bond acceptors (Lipinski definition) is 4. The van der Waals surface area contributed by atoms with Gasteiger partial charge in [-0.05, 0) is 67.9 Å². The van der Waals surface area contributed by atoms with E-state index >= 15 is 0 Å². The third-order valence-corrected chi connectivity index (χ3v) is 4.23. The van der Waals surface area contributed by atoms with Crippen molar-refractivity contribution in [3.8, 4) is 5.75 Å². The van der Waals surface area contributed by atoms with Gasteiger partial charge in [0.05, 0.1) is 7.11 Å². The second-order valence-electron chi connectivity index (χ2n) is 6.17. The van der Waals surface area contributed by atoms with Crippen LogP contribution < -0.4 is 15.0 Å². The number of aromatic nitrogens is 1. The van der Waals surface area contributed by atoms with Gasteiger partial charge in [0.2, 0.25) is 0 Å². The molecule has 0 radical (unpaired) electrons. The highest BCUT2D eigenvalue weighted by Crippen LogP contribution is 2.22. The van der Waals surface area contributed by atoms with Crippen molar-refractivity contribution in [3.63, 3.8) is 0 Å². The van der Waals surface area contributed by atoms with Crippen LogP contribution in [0.4, 0.5) is 17.1 Å². The number of rotatable bonds is 6. The van der Waals surface area contributed by atoms with Gasteiger partial charge in [-0.1, -0.05) is 12.1 Å². The SMILES string of the molecule is CCN(C(=O)c1cc(Nc2ccc(OC)cc2)ccn1)c1cccc(C)c1. The summed E-state index contributed by atoms with van der Waals surface area (Å²) in [7, 11) is 1.64. The Morgan fingerprint density at radius 2 is 1.85 bits per heavy atom. The minimum absolute atomic E-state index is 0.124. The number of amides is 1. The number of nitrogens with one attached hydrogen (secondary N) is 1. The monoisotopic (exact) mass is 361 g/mol. The molecule has 0 bridgehead atoms. The van der Waals surface area contributed by atoms with Gasteiger partial charge in [0.25, 0.3) is 5.91 Å². The lowest BCUT2D eigenvalue weighted by molar-refractivity contribution is 0.0983. The largest absolute Gasteiger partial charge is 0.497 e. The molecule has 1 heterocycles. The number of carbonyl (C=O) groups excluding carboxylic acids is 1. The number of nitrogens with zero attached hydrogens (tertiary/aromatic N) is 2. The number of hydrogen-bond donors (Lipinski definition) is 1. The van der Waals surface area contributed by atoms with Gasteiger partial charge in [0.15, 0.2) is 0 Å². The first-order valence-corrected chi connectivity index (χ1v) is 8.86. The van der Waals surface area contributed by atoms with E-state index in [4.69, 9.17) is 4.74 Å². The smallest absolute Gasteiger partial charge is 0.276 e. The molecule has 138 valence electrons. The maximum absolute atomic E-state index is 13.0. The second kappa shape index (κ2) is 8.36. The first-order chi connectivity index (χ1) is 13.1. The van der Waals surface area contributed by atoms with Crippen LogP contribution in [-0.2, 0) is 0 Å². The van der Waals surface area contributed by atoms with Crippen LogP contribution in [0, 0.1) is 6.92 Å². The van der Waals surface area contributed by atoms with Gasteiger partial charge >= 0.3 is 0 Å². The van der Waals surface area contributed by atoms with E-state index in [0.717, 1.165) is 28.4 Å². The van der Waals surface area contributed by atoms with E-state index in [1.165, 1.54) is 0 Å². The number of carbonyl (C=O) groups is 1. The van der Waals surface area contributed by atoms with E-state index in [1.54, 1.807) is 24.3 Å². The molecule has 27 heavy (non-hydrogen) atoms. The van der Waals surface area contributed by atoms with Crippen LogP contribution >= 0.6 is 0 Å². The Hall–Kier alpha value is -3.34. The van der Waals surface area contributed by atoms with Crippen LogP contribution in [0.5, 0.6) is 5.75 Å². The van der Waals surface area contributed by atoms with Gasteiger partial charge in [-0.3, -0.25) is 9.78 Å². The normalized spacial score (nSPS) is 10.3. The summed E-state index contributed by atoms with van der Waals surface area (Å²) in [6.07, 6.45) is 1.64. The van der Waals surface area contributed by atoms with Gasteiger partial charge < -0.3 is 15.0 Å². The molecule has 2 aromatic carbocycles. The minimum atomic E-state index is -0.124. The van der Waals surface area contributed by atoms with Gasteiger partial charge in [-0.15, -0.1) is 0 Å². The minimum Gasteiger partial charge on any atom is -0.497 e. The molecule has 5 nitrogen and oxygen atoms in total. The first kappa shape index (κ1) is 18.5. The fourth-order valence-corrected chi connectivity index (χ4v) is 2.84. The van der Waals surface area contributed by atoms with Crippen molar-refractivity contribution in [3.05, 3.63) is 78.1 Å². The predicted octanol–water partition coefficient (Wildman–Crippen LogP) is 4.81. The van der Waals surface area contributed by atoms with E-state index < -0.39 is 0 Å². The molecule has 0 aliphatic rings. The zero-order valence-corrected chi connectivity index (χ0v) is 15.8. The molecule has 0 aliphatic carbocycles. The molecule has 0 saturated carbocycles. The molecule has 1 N–H and O–H groups in total. The fraction of sp³-hybridized carbons (Fsp3) is 0.182. The molecule has 5 heteroatoms. The topological polar surface area (TPSA) is 54.5 Å². The molecule has 0 saturated heterocycles. The molecule has 0 aliphatic heterocycles. The van der Waals surface area contributed by atoms with E-state index in [9.17, 15) is 4.79 Å². The average molecular weight is 361 g/mol.